The Kier molecular flexibility index (Phi) is 11.3. The highest BCUT2D eigenvalue weighted by Gasteiger charge is 2.48. The number of nitrogens with two attached hydrogens (primary N) is 1. The molecule has 1 fully saturated rings. The number of esters is 5. The lowest BCUT2D eigenvalue weighted by Gasteiger charge is -2.43. The van der Waals surface area contributed by atoms with E-state index in [-0.39, 0.29) is 19.8 Å². The minimum absolute atomic E-state index is 0.00494. The van der Waals surface area contributed by atoms with E-state index < -0.39 is 66.0 Å². The lowest BCUT2D eigenvalue weighted by atomic mass is 9.95. The van der Waals surface area contributed by atoms with E-state index in [1.165, 1.54) is 6.92 Å². The van der Waals surface area contributed by atoms with Crippen LogP contribution in [0.3, 0.4) is 0 Å². The monoisotopic (exact) mass is 474 g/mol. The van der Waals surface area contributed by atoms with Crippen LogP contribution < -0.4 is 11.1 Å². The Morgan fingerprint density at radius 1 is 0.848 bits per heavy atom. The van der Waals surface area contributed by atoms with Gasteiger partial charge in [-0.15, -0.1) is 0 Å². The van der Waals surface area contributed by atoms with E-state index in [0.717, 1.165) is 20.0 Å². The van der Waals surface area contributed by atoms with Gasteiger partial charge in [-0.05, 0) is 13.8 Å². The van der Waals surface area contributed by atoms with Gasteiger partial charge in [0.1, 0.15) is 12.7 Å². The van der Waals surface area contributed by atoms with E-state index in [9.17, 15) is 24.0 Å². The first-order valence-electron chi connectivity index (χ1n) is 10.2. The summed E-state index contributed by atoms with van der Waals surface area (Å²) < 4.78 is 30.9. The maximum absolute atomic E-state index is 12.2. The largest absolute Gasteiger partial charge is 0.463 e. The zero-order valence-corrected chi connectivity index (χ0v) is 19.2. The fourth-order valence-electron chi connectivity index (χ4n) is 2.91. The van der Waals surface area contributed by atoms with Crippen molar-refractivity contribution in [2.75, 3.05) is 19.8 Å². The van der Waals surface area contributed by atoms with Crippen molar-refractivity contribution < 1.29 is 52.4 Å². The highest BCUT2D eigenvalue weighted by molar-refractivity contribution is 6.13. The molecule has 0 spiro atoms. The van der Waals surface area contributed by atoms with Gasteiger partial charge in [-0.1, -0.05) is 0 Å². The predicted molar refractivity (Wildman–Crippen MR) is 109 cm³/mol. The van der Waals surface area contributed by atoms with E-state index in [1.54, 1.807) is 13.8 Å². The van der Waals surface area contributed by atoms with Gasteiger partial charge in [0.25, 0.3) is 0 Å². The third-order valence-electron chi connectivity index (χ3n) is 4.18. The Hall–Kier alpha value is -3.19. The molecule has 13 heteroatoms. The standard InChI is InChI=1S/C20H30N2O11/c1-6-28-19(26)13(20(27)29-7-2)8-22-18-17(32-12(5)25)15(21)16(31-11(4)24)14(33-18)9-30-10(3)23/h8,14-18,22H,6-7,9,21H2,1-5H3/t14-,15-,16-,17-,18-/m1/s1. The molecule has 0 aromatic rings. The molecule has 1 saturated heterocycles. The van der Waals surface area contributed by atoms with Crippen molar-refractivity contribution in [3.63, 3.8) is 0 Å². The molecule has 0 aromatic heterocycles. The van der Waals surface area contributed by atoms with Crippen LogP contribution in [-0.2, 0) is 52.4 Å². The van der Waals surface area contributed by atoms with Gasteiger partial charge in [0.2, 0.25) is 0 Å². The Morgan fingerprint density at radius 2 is 1.36 bits per heavy atom. The molecule has 1 aliphatic heterocycles. The van der Waals surface area contributed by atoms with E-state index in [2.05, 4.69) is 5.32 Å². The summed E-state index contributed by atoms with van der Waals surface area (Å²) in [5.41, 5.74) is 5.73. The van der Waals surface area contributed by atoms with E-state index in [4.69, 9.17) is 34.2 Å². The highest BCUT2D eigenvalue weighted by Crippen LogP contribution is 2.25. The minimum Gasteiger partial charge on any atom is -0.463 e. The van der Waals surface area contributed by atoms with Crippen molar-refractivity contribution >= 4 is 29.8 Å². The van der Waals surface area contributed by atoms with Crippen molar-refractivity contribution in [1.82, 2.24) is 5.32 Å². The van der Waals surface area contributed by atoms with Gasteiger partial charge in [0, 0.05) is 27.0 Å². The van der Waals surface area contributed by atoms with Gasteiger partial charge in [-0.3, -0.25) is 14.4 Å². The number of nitrogens with one attached hydrogen (secondary N) is 1. The molecule has 0 bridgehead atoms. The summed E-state index contributed by atoms with van der Waals surface area (Å²) >= 11 is 0. The minimum atomic E-state index is -1.23. The Morgan fingerprint density at radius 3 is 1.82 bits per heavy atom. The number of hydrogen-bond acceptors (Lipinski definition) is 13. The summed E-state index contributed by atoms with van der Waals surface area (Å²) in [4.78, 5) is 58.8. The fraction of sp³-hybridized carbons (Fsp3) is 0.650. The summed E-state index contributed by atoms with van der Waals surface area (Å²) in [6.07, 6.45) is -3.65. The van der Waals surface area contributed by atoms with Crippen LogP contribution in [0.5, 0.6) is 0 Å². The maximum Gasteiger partial charge on any atom is 0.347 e. The number of ether oxygens (including phenoxy) is 6. The second-order valence-corrected chi connectivity index (χ2v) is 6.79. The lowest BCUT2D eigenvalue weighted by molar-refractivity contribution is -0.220. The van der Waals surface area contributed by atoms with Gasteiger partial charge in [-0.2, -0.15) is 0 Å². The third-order valence-corrected chi connectivity index (χ3v) is 4.18. The summed E-state index contributed by atoms with van der Waals surface area (Å²) in [7, 11) is 0. The molecule has 0 amide bonds. The Bertz CT molecular complexity index is 745. The van der Waals surface area contributed by atoms with Crippen LogP contribution in [0.1, 0.15) is 34.6 Å². The predicted octanol–water partition coefficient (Wildman–Crippen LogP) is -0.935. The van der Waals surface area contributed by atoms with Crippen LogP contribution in [-0.4, -0.2) is 80.2 Å². The van der Waals surface area contributed by atoms with Crippen LogP contribution in [0.2, 0.25) is 0 Å². The summed E-state index contributed by atoms with van der Waals surface area (Å²) in [5, 5.41) is 2.65. The summed E-state index contributed by atoms with van der Waals surface area (Å²) in [5.74, 6) is -3.94. The number of carbonyl (C=O) groups excluding carboxylic acids is 5. The van der Waals surface area contributed by atoms with Gasteiger partial charge < -0.3 is 39.5 Å². The molecule has 5 atom stereocenters. The zero-order chi connectivity index (χ0) is 25.1. The lowest BCUT2D eigenvalue weighted by Crippen LogP contribution is -2.67. The second-order valence-electron chi connectivity index (χ2n) is 6.79. The first kappa shape index (κ1) is 27.8. The Balaban J connectivity index is 3.27. The number of rotatable bonds is 10. The first-order valence-corrected chi connectivity index (χ1v) is 10.2. The molecule has 13 nitrogen and oxygen atoms in total. The molecule has 1 rings (SSSR count). The zero-order valence-electron chi connectivity index (χ0n) is 19.2. The first-order chi connectivity index (χ1) is 15.5. The molecular formula is C20H30N2O11. The van der Waals surface area contributed by atoms with Crippen molar-refractivity contribution in [3.8, 4) is 0 Å². The van der Waals surface area contributed by atoms with Crippen molar-refractivity contribution in [1.29, 1.82) is 0 Å². The van der Waals surface area contributed by atoms with Crippen LogP contribution in [0, 0.1) is 0 Å². The van der Waals surface area contributed by atoms with Gasteiger partial charge in [0.05, 0.1) is 19.3 Å². The summed E-state index contributed by atoms with van der Waals surface area (Å²) in [6, 6.07) is -1.12. The van der Waals surface area contributed by atoms with Crippen LogP contribution in [0.4, 0.5) is 0 Å². The second kappa shape index (κ2) is 13.4. The summed E-state index contributed by atoms with van der Waals surface area (Å²) in [6.45, 7) is 6.25. The van der Waals surface area contributed by atoms with Gasteiger partial charge in [-0.25, -0.2) is 9.59 Å². The molecule has 0 aliphatic carbocycles. The molecule has 0 radical (unpaired) electrons. The van der Waals surface area contributed by atoms with E-state index in [0.29, 0.717) is 0 Å². The van der Waals surface area contributed by atoms with Crippen molar-refractivity contribution in [2.45, 2.75) is 65.2 Å². The number of carbonyl (C=O) groups is 5. The van der Waals surface area contributed by atoms with Crippen LogP contribution >= 0.6 is 0 Å². The maximum atomic E-state index is 12.2. The normalized spacial score (nSPS) is 24.0. The molecule has 3 N–H and O–H groups in total. The molecule has 33 heavy (non-hydrogen) atoms. The molecule has 186 valence electrons. The highest BCUT2D eigenvalue weighted by atomic mass is 16.6. The van der Waals surface area contributed by atoms with Crippen LogP contribution in [0.15, 0.2) is 11.8 Å². The van der Waals surface area contributed by atoms with E-state index >= 15 is 0 Å². The topological polar surface area (TPSA) is 179 Å². The molecule has 1 aliphatic rings. The number of hydrogen-bond donors (Lipinski definition) is 2. The fourth-order valence-corrected chi connectivity index (χ4v) is 2.91. The third kappa shape index (κ3) is 8.69. The molecule has 0 unspecified atom stereocenters. The Labute approximate surface area is 190 Å². The van der Waals surface area contributed by atoms with Gasteiger partial charge in [0.15, 0.2) is 24.0 Å². The van der Waals surface area contributed by atoms with Crippen molar-refractivity contribution in [2.24, 2.45) is 5.73 Å². The molecule has 0 saturated carbocycles. The SMILES string of the molecule is CCOC(=O)C(=CN[C@@H]1O[C@H](COC(C)=O)[C@@H](OC(C)=O)[C@@H](N)[C@H]1OC(C)=O)C(=O)OCC. The smallest absolute Gasteiger partial charge is 0.347 e. The molecule has 1 heterocycles. The van der Waals surface area contributed by atoms with Crippen LogP contribution in [0.25, 0.3) is 0 Å². The molecular weight excluding hydrogens is 444 g/mol. The molecule has 0 aromatic carbocycles. The van der Waals surface area contributed by atoms with Gasteiger partial charge >= 0.3 is 29.8 Å². The average Bonchev–Trinajstić information content (AvgIpc) is 2.71. The average molecular weight is 474 g/mol. The van der Waals surface area contributed by atoms with Crippen molar-refractivity contribution in [3.05, 3.63) is 11.8 Å². The van der Waals surface area contributed by atoms with E-state index in [1.807, 2.05) is 0 Å². The quantitative estimate of drug-likeness (QED) is 0.130.